The molecule has 1 unspecified atom stereocenters. The maximum atomic E-state index is 13.1. The number of aromatic carboxylic acids is 1. The van der Waals surface area contributed by atoms with Gasteiger partial charge >= 0.3 is 5.97 Å². The average Bonchev–Trinajstić information content (AvgIpc) is 3.13. The van der Waals surface area contributed by atoms with Crippen LogP contribution in [0.4, 0.5) is 4.39 Å². The fraction of sp³-hybridized carbons (Fsp3) is 0.417. The molecule has 0 saturated heterocycles. The summed E-state index contributed by atoms with van der Waals surface area (Å²) in [6.07, 6.45) is 2.29. The molecular formula is C12H13FO4S. The fourth-order valence-corrected chi connectivity index (χ4v) is 2.31. The zero-order valence-electron chi connectivity index (χ0n) is 9.60. The van der Waals surface area contributed by atoms with E-state index >= 15 is 0 Å². The molecule has 0 aliphatic heterocycles. The number of carbonyl (C=O) groups is 1. The van der Waals surface area contributed by atoms with E-state index in [1.165, 1.54) is 6.07 Å². The third-order valence-corrected chi connectivity index (χ3v) is 3.83. The molecule has 1 aliphatic rings. The Morgan fingerprint density at radius 3 is 2.83 bits per heavy atom. The lowest BCUT2D eigenvalue weighted by molar-refractivity contribution is 0.0691. The summed E-state index contributed by atoms with van der Waals surface area (Å²) in [4.78, 5) is 11.0. The van der Waals surface area contributed by atoms with Crippen LogP contribution in [0, 0.1) is 11.7 Å². The third kappa shape index (κ3) is 3.36. The molecule has 1 fully saturated rings. The van der Waals surface area contributed by atoms with Gasteiger partial charge in [-0.1, -0.05) is 0 Å². The second kappa shape index (κ2) is 5.58. The van der Waals surface area contributed by atoms with Crippen molar-refractivity contribution >= 4 is 16.8 Å². The molecule has 1 saturated carbocycles. The largest absolute Gasteiger partial charge is 0.478 e. The number of carboxylic acids is 1. The molecule has 2 rings (SSSR count). The molecule has 1 aromatic carbocycles. The summed E-state index contributed by atoms with van der Waals surface area (Å²) in [5.74, 6) is -1.61. The van der Waals surface area contributed by atoms with Crippen LogP contribution in [0.25, 0.3) is 0 Å². The minimum Gasteiger partial charge on any atom is -0.478 e. The summed E-state index contributed by atoms with van der Waals surface area (Å²) >= 11 is 0. The van der Waals surface area contributed by atoms with Gasteiger partial charge in [-0.15, -0.1) is 0 Å². The van der Waals surface area contributed by atoms with E-state index in [2.05, 4.69) is 0 Å². The van der Waals surface area contributed by atoms with E-state index in [0.717, 1.165) is 25.0 Å². The Labute approximate surface area is 106 Å². The maximum Gasteiger partial charge on any atom is 0.338 e. The van der Waals surface area contributed by atoms with E-state index in [9.17, 15) is 13.4 Å². The van der Waals surface area contributed by atoms with Gasteiger partial charge in [-0.2, -0.15) is 0 Å². The Kier molecular flexibility index (Phi) is 4.08. The van der Waals surface area contributed by atoms with Gasteiger partial charge < -0.3 is 9.84 Å². The third-order valence-electron chi connectivity index (χ3n) is 2.67. The van der Waals surface area contributed by atoms with Crippen molar-refractivity contribution < 1.29 is 23.2 Å². The number of rotatable bonds is 6. The van der Waals surface area contributed by atoms with Crippen LogP contribution in [0.1, 0.15) is 23.2 Å². The maximum absolute atomic E-state index is 13.1. The van der Waals surface area contributed by atoms with Crippen molar-refractivity contribution in [3.8, 4) is 0 Å². The second-order valence-corrected chi connectivity index (χ2v) is 5.62. The molecule has 1 atom stereocenters. The Hall–Kier alpha value is -1.27. The first kappa shape index (κ1) is 13.2. The number of hydrogen-bond acceptors (Lipinski definition) is 3. The monoisotopic (exact) mass is 272 g/mol. The van der Waals surface area contributed by atoms with Crippen LogP contribution in [0.2, 0.25) is 0 Å². The molecule has 1 aliphatic carbocycles. The molecule has 18 heavy (non-hydrogen) atoms. The molecule has 98 valence electrons. The van der Waals surface area contributed by atoms with Crippen molar-refractivity contribution in [2.24, 2.45) is 5.92 Å². The van der Waals surface area contributed by atoms with Gasteiger partial charge in [0.25, 0.3) is 0 Å². The smallest absolute Gasteiger partial charge is 0.338 e. The second-order valence-electron chi connectivity index (χ2n) is 4.22. The van der Waals surface area contributed by atoms with Gasteiger partial charge in [0, 0.05) is 4.90 Å². The number of halogens is 1. The lowest BCUT2D eigenvalue weighted by atomic mass is 10.2. The number of ether oxygens (including phenoxy) is 1. The summed E-state index contributed by atoms with van der Waals surface area (Å²) in [5, 5.41) is 8.76. The Morgan fingerprint density at radius 2 is 2.22 bits per heavy atom. The van der Waals surface area contributed by atoms with Gasteiger partial charge in [-0.05, 0) is 37.0 Å². The molecular weight excluding hydrogens is 259 g/mol. The van der Waals surface area contributed by atoms with E-state index < -0.39 is 28.1 Å². The van der Waals surface area contributed by atoms with Crippen LogP contribution >= 0.6 is 0 Å². The summed E-state index contributed by atoms with van der Waals surface area (Å²) in [6, 6.07) is 3.42. The van der Waals surface area contributed by atoms with Gasteiger partial charge in [-0.25, -0.2) is 9.18 Å². The molecule has 1 aromatic rings. The average molecular weight is 272 g/mol. The minimum atomic E-state index is -1.46. The van der Waals surface area contributed by atoms with E-state index in [4.69, 9.17) is 9.84 Å². The van der Waals surface area contributed by atoms with Crippen molar-refractivity contribution in [1.82, 2.24) is 0 Å². The van der Waals surface area contributed by atoms with E-state index in [1.807, 2.05) is 0 Å². The zero-order valence-corrected chi connectivity index (χ0v) is 10.4. The molecule has 0 radical (unpaired) electrons. The SMILES string of the molecule is O=C(O)c1cc(S(=O)COCC2CC2)ccc1F. The summed E-state index contributed by atoms with van der Waals surface area (Å²) < 4.78 is 30.2. The van der Waals surface area contributed by atoms with Gasteiger partial charge in [0.15, 0.2) is 0 Å². The minimum absolute atomic E-state index is 0.0151. The number of carboxylic acid groups (broad SMARTS) is 1. The predicted octanol–water partition coefficient (Wildman–Crippen LogP) is 2.02. The van der Waals surface area contributed by atoms with Crippen LogP contribution in [0.15, 0.2) is 23.1 Å². The van der Waals surface area contributed by atoms with E-state index in [1.54, 1.807) is 0 Å². The molecule has 0 amide bonds. The lowest BCUT2D eigenvalue weighted by Crippen LogP contribution is -2.07. The highest BCUT2D eigenvalue weighted by molar-refractivity contribution is 7.84. The molecule has 4 nitrogen and oxygen atoms in total. The highest BCUT2D eigenvalue weighted by atomic mass is 32.2. The summed E-state index contributed by atoms with van der Waals surface area (Å²) in [6.45, 7) is 0.582. The Balaban J connectivity index is 2.00. The quantitative estimate of drug-likeness (QED) is 0.860. The van der Waals surface area contributed by atoms with Crippen molar-refractivity contribution in [3.63, 3.8) is 0 Å². The molecule has 0 aromatic heterocycles. The van der Waals surface area contributed by atoms with Crippen LogP contribution in [0.3, 0.4) is 0 Å². The first-order chi connectivity index (χ1) is 8.58. The Morgan fingerprint density at radius 1 is 1.50 bits per heavy atom. The summed E-state index contributed by atoms with van der Waals surface area (Å²) in [7, 11) is -1.46. The highest BCUT2D eigenvalue weighted by Gasteiger charge is 2.21. The fourth-order valence-electron chi connectivity index (χ4n) is 1.45. The normalized spacial score (nSPS) is 16.5. The van der Waals surface area contributed by atoms with Crippen LogP contribution < -0.4 is 0 Å². The lowest BCUT2D eigenvalue weighted by Gasteiger charge is -2.05. The number of benzene rings is 1. The zero-order chi connectivity index (χ0) is 13.1. The van der Waals surface area contributed by atoms with Gasteiger partial charge in [0.1, 0.15) is 11.8 Å². The van der Waals surface area contributed by atoms with Gasteiger partial charge in [0.05, 0.1) is 23.0 Å². The van der Waals surface area contributed by atoms with Gasteiger partial charge in [-0.3, -0.25) is 4.21 Å². The molecule has 0 heterocycles. The van der Waals surface area contributed by atoms with Crippen molar-refractivity contribution in [2.75, 3.05) is 12.5 Å². The van der Waals surface area contributed by atoms with Crippen molar-refractivity contribution in [3.05, 3.63) is 29.6 Å². The molecule has 6 heteroatoms. The van der Waals surface area contributed by atoms with Crippen LogP contribution in [0.5, 0.6) is 0 Å². The molecule has 0 bridgehead atoms. The van der Waals surface area contributed by atoms with Crippen LogP contribution in [-0.4, -0.2) is 27.8 Å². The van der Waals surface area contributed by atoms with Crippen molar-refractivity contribution in [1.29, 1.82) is 0 Å². The van der Waals surface area contributed by atoms with E-state index in [0.29, 0.717) is 12.5 Å². The van der Waals surface area contributed by atoms with E-state index in [-0.39, 0.29) is 10.8 Å². The van der Waals surface area contributed by atoms with Crippen molar-refractivity contribution in [2.45, 2.75) is 17.7 Å². The summed E-state index contributed by atoms with van der Waals surface area (Å²) in [5.41, 5.74) is -0.469. The van der Waals surface area contributed by atoms with Crippen LogP contribution in [-0.2, 0) is 15.5 Å². The van der Waals surface area contributed by atoms with Gasteiger partial charge in [0.2, 0.25) is 0 Å². The molecule has 0 spiro atoms. The standard InChI is InChI=1S/C12H13FO4S/c13-11-4-3-9(5-10(11)12(14)15)18(16)7-17-6-8-1-2-8/h3-5,8H,1-2,6-7H2,(H,14,15). The topological polar surface area (TPSA) is 63.6 Å². The highest BCUT2D eigenvalue weighted by Crippen LogP contribution is 2.28. The Bertz CT molecular complexity index is 485. The first-order valence-corrected chi connectivity index (χ1v) is 6.89. The predicted molar refractivity (Wildman–Crippen MR) is 63.3 cm³/mol. The first-order valence-electron chi connectivity index (χ1n) is 5.57. The number of hydrogen-bond donors (Lipinski definition) is 1. The molecule has 1 N–H and O–H groups in total.